The standard InChI is InChI=1S/C17H25N5O/c1-13(2)9-21-8-6-14(11-21)10-20(3)17(23)15-5-4-7-22-12-18-19-16(15)22/h4-5,7,12-14H,6,8-11H2,1-3H3. The molecule has 3 heterocycles. The molecule has 0 aromatic carbocycles. The molecule has 124 valence electrons. The zero-order valence-corrected chi connectivity index (χ0v) is 14.1. The summed E-state index contributed by atoms with van der Waals surface area (Å²) < 4.78 is 1.78. The lowest BCUT2D eigenvalue weighted by atomic mass is 10.1. The Hall–Kier alpha value is -1.95. The maximum absolute atomic E-state index is 12.7. The third-order valence-corrected chi connectivity index (χ3v) is 4.43. The van der Waals surface area contributed by atoms with Crippen molar-refractivity contribution >= 4 is 11.6 Å². The van der Waals surface area contributed by atoms with Gasteiger partial charge in [-0.3, -0.25) is 9.20 Å². The first kappa shape index (κ1) is 15.9. The molecule has 0 saturated carbocycles. The minimum atomic E-state index is 0.0194. The Bertz CT molecular complexity index is 680. The van der Waals surface area contributed by atoms with Gasteiger partial charge in [0.15, 0.2) is 5.65 Å². The lowest BCUT2D eigenvalue weighted by molar-refractivity contribution is 0.0774. The Morgan fingerprint density at radius 1 is 1.48 bits per heavy atom. The average molecular weight is 315 g/mol. The molecule has 1 aliphatic heterocycles. The smallest absolute Gasteiger partial charge is 0.257 e. The Kier molecular flexibility index (Phi) is 4.61. The summed E-state index contributed by atoms with van der Waals surface area (Å²) in [5.41, 5.74) is 1.24. The van der Waals surface area contributed by atoms with Gasteiger partial charge in [0.2, 0.25) is 0 Å². The number of hydrogen-bond donors (Lipinski definition) is 0. The first-order valence-electron chi connectivity index (χ1n) is 8.30. The number of pyridine rings is 1. The van der Waals surface area contributed by atoms with Crippen LogP contribution in [0.25, 0.3) is 5.65 Å². The van der Waals surface area contributed by atoms with Gasteiger partial charge in [0, 0.05) is 32.9 Å². The minimum Gasteiger partial charge on any atom is -0.341 e. The highest BCUT2D eigenvalue weighted by Gasteiger charge is 2.26. The Morgan fingerprint density at radius 3 is 3.09 bits per heavy atom. The van der Waals surface area contributed by atoms with Crippen molar-refractivity contribution in [2.24, 2.45) is 11.8 Å². The molecule has 0 spiro atoms. The molecule has 2 aromatic rings. The summed E-state index contributed by atoms with van der Waals surface area (Å²) >= 11 is 0. The number of rotatable bonds is 5. The van der Waals surface area contributed by atoms with Crippen molar-refractivity contribution in [1.82, 2.24) is 24.4 Å². The van der Waals surface area contributed by atoms with Crippen LogP contribution in [0, 0.1) is 11.8 Å². The quantitative estimate of drug-likeness (QED) is 0.844. The molecule has 1 amide bonds. The molecule has 0 aliphatic carbocycles. The van der Waals surface area contributed by atoms with Gasteiger partial charge in [-0.15, -0.1) is 10.2 Å². The SMILES string of the molecule is CC(C)CN1CCC(CN(C)C(=O)c2cccn3cnnc23)C1. The van der Waals surface area contributed by atoms with Crippen LogP contribution >= 0.6 is 0 Å². The lowest BCUT2D eigenvalue weighted by Crippen LogP contribution is -2.34. The second-order valence-corrected chi connectivity index (χ2v) is 6.98. The third kappa shape index (κ3) is 3.52. The van der Waals surface area contributed by atoms with Gasteiger partial charge in [0.05, 0.1) is 5.56 Å². The molecule has 0 bridgehead atoms. The molecule has 6 nitrogen and oxygen atoms in total. The highest BCUT2D eigenvalue weighted by molar-refractivity contribution is 5.99. The maximum atomic E-state index is 12.7. The zero-order chi connectivity index (χ0) is 16.4. The summed E-state index contributed by atoms with van der Waals surface area (Å²) in [6.07, 6.45) is 4.64. The van der Waals surface area contributed by atoms with E-state index in [1.54, 1.807) is 10.7 Å². The number of aromatic nitrogens is 3. The molecule has 23 heavy (non-hydrogen) atoms. The van der Waals surface area contributed by atoms with Crippen LogP contribution in [0.4, 0.5) is 0 Å². The fraction of sp³-hybridized carbons (Fsp3) is 0.588. The average Bonchev–Trinajstić information content (AvgIpc) is 3.14. The van der Waals surface area contributed by atoms with Gasteiger partial charge >= 0.3 is 0 Å². The fourth-order valence-corrected chi connectivity index (χ4v) is 3.44. The van der Waals surface area contributed by atoms with E-state index in [9.17, 15) is 4.79 Å². The van der Waals surface area contributed by atoms with E-state index in [0.717, 1.165) is 26.2 Å². The predicted molar refractivity (Wildman–Crippen MR) is 89.3 cm³/mol. The van der Waals surface area contributed by atoms with Crippen LogP contribution in [0.1, 0.15) is 30.6 Å². The summed E-state index contributed by atoms with van der Waals surface area (Å²) in [7, 11) is 1.88. The Labute approximate surface area is 137 Å². The van der Waals surface area contributed by atoms with Gasteiger partial charge in [-0.25, -0.2) is 0 Å². The number of nitrogens with zero attached hydrogens (tertiary/aromatic N) is 5. The molecular formula is C17H25N5O. The van der Waals surface area contributed by atoms with E-state index in [4.69, 9.17) is 0 Å². The summed E-state index contributed by atoms with van der Waals surface area (Å²) in [5.74, 6) is 1.27. The molecular weight excluding hydrogens is 290 g/mol. The van der Waals surface area contributed by atoms with Gasteiger partial charge in [-0.2, -0.15) is 0 Å². The summed E-state index contributed by atoms with van der Waals surface area (Å²) in [4.78, 5) is 17.1. The van der Waals surface area contributed by atoms with Crippen LogP contribution in [0.2, 0.25) is 0 Å². The van der Waals surface area contributed by atoms with Gasteiger partial charge in [0.25, 0.3) is 5.91 Å². The molecule has 1 aliphatic rings. The van der Waals surface area contributed by atoms with Crippen molar-refractivity contribution in [2.75, 3.05) is 33.2 Å². The number of amides is 1. The predicted octanol–water partition coefficient (Wildman–Crippen LogP) is 1.78. The monoisotopic (exact) mass is 315 g/mol. The van der Waals surface area contributed by atoms with E-state index in [1.807, 2.05) is 30.3 Å². The molecule has 1 unspecified atom stereocenters. The number of likely N-dealkylation sites (tertiary alicyclic amines) is 1. The van der Waals surface area contributed by atoms with Gasteiger partial charge in [-0.05, 0) is 36.9 Å². The number of carbonyl (C=O) groups excluding carboxylic acids is 1. The minimum absolute atomic E-state index is 0.0194. The summed E-state index contributed by atoms with van der Waals surface area (Å²) in [6, 6.07) is 3.68. The summed E-state index contributed by atoms with van der Waals surface area (Å²) in [6.45, 7) is 8.68. The van der Waals surface area contributed by atoms with Gasteiger partial charge in [-0.1, -0.05) is 13.8 Å². The topological polar surface area (TPSA) is 53.7 Å². The van der Waals surface area contributed by atoms with Crippen LogP contribution in [-0.2, 0) is 0 Å². The molecule has 6 heteroatoms. The van der Waals surface area contributed by atoms with E-state index >= 15 is 0 Å². The first-order chi connectivity index (χ1) is 11.0. The fourth-order valence-electron chi connectivity index (χ4n) is 3.44. The van der Waals surface area contributed by atoms with E-state index in [2.05, 4.69) is 28.9 Å². The number of fused-ring (bicyclic) bond motifs is 1. The highest BCUT2D eigenvalue weighted by Crippen LogP contribution is 2.19. The molecule has 0 radical (unpaired) electrons. The van der Waals surface area contributed by atoms with Crippen LogP contribution in [0.15, 0.2) is 24.7 Å². The summed E-state index contributed by atoms with van der Waals surface area (Å²) in [5, 5.41) is 7.94. The van der Waals surface area contributed by atoms with Crippen molar-refractivity contribution in [3.63, 3.8) is 0 Å². The van der Waals surface area contributed by atoms with Crippen LogP contribution in [-0.4, -0.2) is 63.5 Å². The maximum Gasteiger partial charge on any atom is 0.257 e. The zero-order valence-electron chi connectivity index (χ0n) is 14.1. The first-order valence-corrected chi connectivity index (χ1v) is 8.30. The van der Waals surface area contributed by atoms with Crippen LogP contribution in [0.3, 0.4) is 0 Å². The second kappa shape index (κ2) is 6.66. The largest absolute Gasteiger partial charge is 0.341 e. The molecule has 1 saturated heterocycles. The van der Waals surface area contributed by atoms with Crippen LogP contribution < -0.4 is 0 Å². The van der Waals surface area contributed by atoms with E-state index in [1.165, 1.54) is 6.42 Å². The van der Waals surface area contributed by atoms with Crippen molar-refractivity contribution in [2.45, 2.75) is 20.3 Å². The molecule has 3 rings (SSSR count). The van der Waals surface area contributed by atoms with E-state index in [0.29, 0.717) is 23.0 Å². The number of carbonyl (C=O) groups is 1. The van der Waals surface area contributed by atoms with Crippen LogP contribution in [0.5, 0.6) is 0 Å². The molecule has 1 atom stereocenters. The number of hydrogen-bond acceptors (Lipinski definition) is 4. The third-order valence-electron chi connectivity index (χ3n) is 4.43. The van der Waals surface area contributed by atoms with E-state index < -0.39 is 0 Å². The van der Waals surface area contributed by atoms with Crippen molar-refractivity contribution < 1.29 is 4.79 Å². The van der Waals surface area contributed by atoms with Crippen molar-refractivity contribution in [3.8, 4) is 0 Å². The Morgan fingerprint density at radius 2 is 2.30 bits per heavy atom. The second-order valence-electron chi connectivity index (χ2n) is 6.98. The van der Waals surface area contributed by atoms with Gasteiger partial charge < -0.3 is 9.80 Å². The molecule has 2 aromatic heterocycles. The van der Waals surface area contributed by atoms with Crippen molar-refractivity contribution in [1.29, 1.82) is 0 Å². The lowest BCUT2D eigenvalue weighted by Gasteiger charge is -2.22. The van der Waals surface area contributed by atoms with Gasteiger partial charge in [0.1, 0.15) is 6.33 Å². The molecule has 0 N–H and O–H groups in total. The normalized spacial score (nSPS) is 18.9. The molecule has 1 fully saturated rings. The highest BCUT2D eigenvalue weighted by atomic mass is 16.2. The van der Waals surface area contributed by atoms with E-state index in [-0.39, 0.29) is 5.91 Å². The Balaban J connectivity index is 1.63. The van der Waals surface area contributed by atoms with Crippen molar-refractivity contribution in [3.05, 3.63) is 30.2 Å².